The summed E-state index contributed by atoms with van der Waals surface area (Å²) in [6.45, 7) is 0.00471. The maximum absolute atomic E-state index is 9.58. The number of aliphatic hydroxyl groups is 1. The maximum atomic E-state index is 9.58. The Bertz CT molecular complexity index is 463. The second kappa shape index (κ2) is 4.93. The molecule has 1 heterocycles. The SMILES string of the molecule is OC/C=C/C=C/[C@H]1Cc2cc(O)cc(O)c2O1. The Morgan fingerprint density at radius 1 is 1.29 bits per heavy atom. The first-order chi connectivity index (χ1) is 8.20. The summed E-state index contributed by atoms with van der Waals surface area (Å²) in [5.74, 6) is 0.431. The van der Waals surface area contributed by atoms with Crippen LogP contribution in [-0.4, -0.2) is 28.0 Å². The van der Waals surface area contributed by atoms with Crippen LogP contribution in [0.25, 0.3) is 0 Å². The molecule has 2 rings (SSSR count). The summed E-state index contributed by atoms with van der Waals surface area (Å²) in [4.78, 5) is 0. The van der Waals surface area contributed by atoms with E-state index in [0.717, 1.165) is 5.56 Å². The predicted molar refractivity (Wildman–Crippen MR) is 63.3 cm³/mol. The number of benzene rings is 1. The summed E-state index contributed by atoms with van der Waals surface area (Å²) in [6, 6.07) is 2.85. The van der Waals surface area contributed by atoms with Crippen molar-refractivity contribution in [2.45, 2.75) is 12.5 Å². The average Bonchev–Trinajstić information content (AvgIpc) is 2.67. The van der Waals surface area contributed by atoms with Gasteiger partial charge in [0.05, 0.1) is 6.61 Å². The highest BCUT2D eigenvalue weighted by Gasteiger charge is 2.24. The van der Waals surface area contributed by atoms with Gasteiger partial charge >= 0.3 is 0 Å². The average molecular weight is 234 g/mol. The third-order valence-electron chi connectivity index (χ3n) is 2.50. The fourth-order valence-electron chi connectivity index (χ4n) is 1.79. The number of phenolic OH excluding ortho intramolecular Hbond substituents is 2. The number of hydrogen-bond acceptors (Lipinski definition) is 4. The Balaban J connectivity index is 2.09. The highest BCUT2D eigenvalue weighted by Crippen LogP contribution is 2.40. The molecule has 1 aromatic rings. The fourth-order valence-corrected chi connectivity index (χ4v) is 1.79. The van der Waals surface area contributed by atoms with Gasteiger partial charge in [-0.05, 0) is 12.1 Å². The molecular formula is C13H14O4. The van der Waals surface area contributed by atoms with Crippen molar-refractivity contribution in [2.75, 3.05) is 6.61 Å². The molecule has 0 saturated heterocycles. The summed E-state index contributed by atoms with van der Waals surface area (Å²) < 4.78 is 5.53. The van der Waals surface area contributed by atoms with Gasteiger partial charge in [0, 0.05) is 18.1 Å². The van der Waals surface area contributed by atoms with Crippen LogP contribution in [-0.2, 0) is 6.42 Å². The molecule has 1 atom stereocenters. The molecule has 3 N–H and O–H groups in total. The molecule has 4 nitrogen and oxygen atoms in total. The van der Waals surface area contributed by atoms with E-state index >= 15 is 0 Å². The van der Waals surface area contributed by atoms with E-state index in [-0.39, 0.29) is 24.2 Å². The molecule has 0 fully saturated rings. The molecule has 0 saturated carbocycles. The third-order valence-corrected chi connectivity index (χ3v) is 2.50. The number of rotatable bonds is 3. The molecule has 17 heavy (non-hydrogen) atoms. The molecule has 0 radical (unpaired) electrons. The number of aromatic hydroxyl groups is 2. The molecule has 0 spiro atoms. The molecule has 0 amide bonds. The van der Waals surface area contributed by atoms with Crippen LogP contribution in [0.5, 0.6) is 17.2 Å². The first-order valence-corrected chi connectivity index (χ1v) is 5.36. The first kappa shape index (κ1) is 11.5. The molecule has 4 heteroatoms. The Hall–Kier alpha value is -1.94. The number of hydrogen-bond donors (Lipinski definition) is 3. The molecule has 1 aliphatic heterocycles. The third kappa shape index (κ3) is 2.60. The van der Waals surface area contributed by atoms with E-state index in [2.05, 4.69) is 0 Å². The Morgan fingerprint density at radius 2 is 2.12 bits per heavy atom. The van der Waals surface area contributed by atoms with Crippen LogP contribution in [0.3, 0.4) is 0 Å². The lowest BCUT2D eigenvalue weighted by Gasteiger charge is -2.05. The number of ether oxygens (including phenoxy) is 1. The van der Waals surface area contributed by atoms with E-state index < -0.39 is 0 Å². The van der Waals surface area contributed by atoms with E-state index in [0.29, 0.717) is 12.2 Å². The molecule has 90 valence electrons. The lowest BCUT2D eigenvalue weighted by atomic mass is 10.1. The van der Waals surface area contributed by atoms with Crippen LogP contribution in [0.2, 0.25) is 0 Å². The zero-order valence-corrected chi connectivity index (χ0v) is 9.21. The second-order valence-electron chi connectivity index (χ2n) is 3.81. The zero-order valence-electron chi connectivity index (χ0n) is 9.21. The molecular weight excluding hydrogens is 220 g/mol. The van der Waals surface area contributed by atoms with Crippen molar-refractivity contribution in [3.8, 4) is 17.2 Å². The number of aliphatic hydroxyl groups excluding tert-OH is 1. The molecule has 0 bridgehead atoms. The van der Waals surface area contributed by atoms with Gasteiger partial charge in [0.1, 0.15) is 11.9 Å². The summed E-state index contributed by atoms with van der Waals surface area (Å²) >= 11 is 0. The summed E-state index contributed by atoms with van der Waals surface area (Å²) in [6.07, 6.45) is 7.42. The standard InChI is InChI=1S/C13H14O4/c14-5-3-1-2-4-11-7-9-6-10(15)8-12(16)13(9)17-11/h1-4,6,8,11,14-16H,5,7H2/b3-1+,4-2+/t11-/m0/s1. The van der Waals surface area contributed by atoms with Crippen molar-refractivity contribution in [1.82, 2.24) is 0 Å². The van der Waals surface area contributed by atoms with E-state index in [4.69, 9.17) is 9.84 Å². The lowest BCUT2D eigenvalue weighted by molar-refractivity contribution is 0.271. The maximum Gasteiger partial charge on any atom is 0.165 e. The molecule has 0 aromatic heterocycles. The molecule has 1 aliphatic rings. The first-order valence-electron chi connectivity index (χ1n) is 5.36. The minimum atomic E-state index is -0.152. The predicted octanol–water partition coefficient (Wildman–Crippen LogP) is 1.51. The van der Waals surface area contributed by atoms with E-state index in [1.54, 1.807) is 24.3 Å². The largest absolute Gasteiger partial charge is 0.508 e. The van der Waals surface area contributed by atoms with Gasteiger partial charge in [-0.1, -0.05) is 18.2 Å². The summed E-state index contributed by atoms with van der Waals surface area (Å²) in [7, 11) is 0. The quantitative estimate of drug-likeness (QED) is 0.693. The van der Waals surface area contributed by atoms with Crippen molar-refractivity contribution in [3.63, 3.8) is 0 Å². The van der Waals surface area contributed by atoms with Gasteiger partial charge in [-0.15, -0.1) is 0 Å². The van der Waals surface area contributed by atoms with Crippen LogP contribution in [0.4, 0.5) is 0 Å². The molecule has 0 aliphatic carbocycles. The topological polar surface area (TPSA) is 69.9 Å². The van der Waals surface area contributed by atoms with Crippen LogP contribution in [0, 0.1) is 0 Å². The number of allylic oxidation sites excluding steroid dienone is 2. The normalized spacial score (nSPS) is 18.8. The fraction of sp³-hybridized carbons (Fsp3) is 0.231. The molecule has 0 unspecified atom stereocenters. The van der Waals surface area contributed by atoms with Gasteiger partial charge in [-0.2, -0.15) is 0 Å². The van der Waals surface area contributed by atoms with Gasteiger partial charge in [0.25, 0.3) is 0 Å². The van der Waals surface area contributed by atoms with Crippen LogP contribution < -0.4 is 4.74 Å². The Morgan fingerprint density at radius 3 is 2.88 bits per heavy atom. The minimum absolute atomic E-state index is 0.00471. The number of fused-ring (bicyclic) bond motifs is 1. The van der Waals surface area contributed by atoms with E-state index in [1.165, 1.54) is 6.07 Å². The van der Waals surface area contributed by atoms with Gasteiger partial charge in [-0.3, -0.25) is 0 Å². The highest BCUT2D eigenvalue weighted by molar-refractivity contribution is 5.53. The number of phenols is 2. The van der Waals surface area contributed by atoms with Crippen molar-refractivity contribution < 1.29 is 20.1 Å². The van der Waals surface area contributed by atoms with Gasteiger partial charge in [-0.25, -0.2) is 0 Å². The lowest BCUT2D eigenvalue weighted by Crippen LogP contribution is -2.08. The smallest absolute Gasteiger partial charge is 0.165 e. The minimum Gasteiger partial charge on any atom is -0.508 e. The Kier molecular flexibility index (Phi) is 3.35. The van der Waals surface area contributed by atoms with Crippen molar-refractivity contribution in [2.24, 2.45) is 0 Å². The van der Waals surface area contributed by atoms with Crippen molar-refractivity contribution in [1.29, 1.82) is 0 Å². The second-order valence-corrected chi connectivity index (χ2v) is 3.81. The monoisotopic (exact) mass is 234 g/mol. The zero-order chi connectivity index (χ0) is 12.3. The van der Waals surface area contributed by atoms with Crippen LogP contribution >= 0.6 is 0 Å². The van der Waals surface area contributed by atoms with Crippen molar-refractivity contribution in [3.05, 3.63) is 42.0 Å². The highest BCUT2D eigenvalue weighted by atomic mass is 16.5. The van der Waals surface area contributed by atoms with E-state index in [1.807, 2.05) is 6.08 Å². The van der Waals surface area contributed by atoms with Gasteiger partial charge in [0.15, 0.2) is 11.5 Å². The summed E-state index contributed by atoms with van der Waals surface area (Å²) in [5, 5.41) is 27.5. The van der Waals surface area contributed by atoms with Gasteiger partial charge < -0.3 is 20.1 Å². The van der Waals surface area contributed by atoms with Crippen molar-refractivity contribution >= 4 is 0 Å². The van der Waals surface area contributed by atoms with Crippen LogP contribution in [0.1, 0.15) is 5.56 Å². The van der Waals surface area contributed by atoms with Gasteiger partial charge in [0.2, 0.25) is 0 Å². The van der Waals surface area contributed by atoms with Crippen LogP contribution in [0.15, 0.2) is 36.4 Å². The molecule has 1 aromatic carbocycles. The van der Waals surface area contributed by atoms with E-state index in [9.17, 15) is 10.2 Å². The Labute approximate surface area is 99.1 Å². The summed E-state index contributed by atoms with van der Waals surface area (Å²) in [5.41, 5.74) is 0.795.